The molecular weight excluding hydrogens is 236 g/mol. The van der Waals surface area contributed by atoms with Gasteiger partial charge in [0.15, 0.2) is 0 Å². The summed E-state index contributed by atoms with van der Waals surface area (Å²) in [5.41, 5.74) is 1.90. The molecule has 0 radical (unpaired) electrons. The van der Waals surface area contributed by atoms with Crippen LogP contribution >= 0.6 is 27.3 Å². The topological polar surface area (TPSA) is 16.1 Å². The van der Waals surface area contributed by atoms with Gasteiger partial charge in [0.1, 0.15) is 0 Å². The van der Waals surface area contributed by atoms with Crippen LogP contribution in [-0.2, 0) is 6.54 Å². The second-order valence-corrected chi connectivity index (χ2v) is 5.35. The van der Waals surface area contributed by atoms with Crippen LogP contribution < -0.4 is 0 Å². The molecule has 0 N–H and O–H groups in total. The Balaban J connectivity index is 1.88. The third-order valence-corrected chi connectivity index (χ3v) is 3.59. The summed E-state index contributed by atoms with van der Waals surface area (Å²) in [4.78, 5) is 8.60. The van der Waals surface area contributed by atoms with Gasteiger partial charge < -0.3 is 0 Å². The van der Waals surface area contributed by atoms with E-state index in [1.165, 1.54) is 24.4 Å². The zero-order chi connectivity index (χ0) is 8.39. The Labute approximate surface area is 84.7 Å². The first kappa shape index (κ1) is 8.66. The van der Waals surface area contributed by atoms with E-state index >= 15 is 0 Å². The third-order valence-electron chi connectivity index (χ3n) is 2.08. The predicted molar refractivity (Wildman–Crippen MR) is 54.7 cm³/mol. The van der Waals surface area contributed by atoms with Crippen molar-refractivity contribution in [1.82, 2.24) is 9.88 Å². The number of hydrogen-bond acceptors (Lipinski definition) is 3. The fraction of sp³-hybridized carbons (Fsp3) is 0.625. The van der Waals surface area contributed by atoms with Crippen molar-refractivity contribution in [3.8, 4) is 0 Å². The van der Waals surface area contributed by atoms with Gasteiger partial charge in [0.2, 0.25) is 0 Å². The maximum absolute atomic E-state index is 4.06. The van der Waals surface area contributed by atoms with Crippen LogP contribution in [0.3, 0.4) is 0 Å². The summed E-state index contributed by atoms with van der Waals surface area (Å²) in [7, 11) is 0. The lowest BCUT2D eigenvalue weighted by Gasteiger charge is -2.12. The summed E-state index contributed by atoms with van der Waals surface area (Å²) < 4.78 is 0. The fourth-order valence-corrected chi connectivity index (χ4v) is 2.72. The van der Waals surface area contributed by atoms with Crippen molar-refractivity contribution in [3.63, 3.8) is 0 Å². The number of aromatic nitrogens is 1. The van der Waals surface area contributed by atoms with Gasteiger partial charge in [-0.15, -0.1) is 11.3 Å². The molecule has 0 spiro atoms. The highest BCUT2D eigenvalue weighted by Gasteiger charge is 2.19. The molecule has 0 aliphatic carbocycles. The van der Waals surface area contributed by atoms with E-state index in [0.29, 0.717) is 4.83 Å². The van der Waals surface area contributed by atoms with Crippen LogP contribution in [-0.4, -0.2) is 27.8 Å². The molecule has 0 saturated carbocycles. The van der Waals surface area contributed by atoms with E-state index in [2.05, 4.69) is 25.8 Å². The van der Waals surface area contributed by atoms with Crippen LogP contribution in [0.5, 0.6) is 0 Å². The highest BCUT2D eigenvalue weighted by Crippen LogP contribution is 2.19. The van der Waals surface area contributed by atoms with Crippen LogP contribution in [0.2, 0.25) is 0 Å². The first-order chi connectivity index (χ1) is 5.84. The molecule has 0 aromatic carbocycles. The molecule has 1 aliphatic rings. The predicted octanol–water partition coefficient (Wildman–Crippen LogP) is 2.11. The van der Waals surface area contributed by atoms with Crippen molar-refractivity contribution >= 4 is 27.3 Å². The zero-order valence-corrected chi connectivity index (χ0v) is 9.14. The van der Waals surface area contributed by atoms with Gasteiger partial charge in [0, 0.05) is 29.0 Å². The van der Waals surface area contributed by atoms with E-state index in [1.807, 2.05) is 11.7 Å². The van der Waals surface area contributed by atoms with Gasteiger partial charge in [-0.2, -0.15) is 0 Å². The van der Waals surface area contributed by atoms with E-state index in [0.717, 1.165) is 6.54 Å². The summed E-state index contributed by atoms with van der Waals surface area (Å²) in [5, 5.41) is 0. The maximum Gasteiger partial charge on any atom is 0.0794 e. The standard InChI is InChI=1S/C8H11BrN2S/c9-7-1-2-11(4-7)5-8-3-10-6-12-8/h3,6-7H,1-2,4-5H2. The Morgan fingerprint density at radius 2 is 2.67 bits per heavy atom. The molecule has 2 nitrogen and oxygen atoms in total. The smallest absolute Gasteiger partial charge is 0.0794 e. The number of alkyl halides is 1. The highest BCUT2D eigenvalue weighted by molar-refractivity contribution is 9.09. The van der Waals surface area contributed by atoms with Crippen LogP contribution in [0.15, 0.2) is 11.7 Å². The van der Waals surface area contributed by atoms with Crippen LogP contribution in [0.1, 0.15) is 11.3 Å². The number of thiazole rings is 1. The van der Waals surface area contributed by atoms with Gasteiger partial charge >= 0.3 is 0 Å². The highest BCUT2D eigenvalue weighted by atomic mass is 79.9. The maximum atomic E-state index is 4.06. The fourth-order valence-electron chi connectivity index (χ4n) is 1.47. The lowest BCUT2D eigenvalue weighted by atomic mass is 10.4. The third kappa shape index (κ3) is 2.06. The SMILES string of the molecule is BrC1CCN(Cc2cncs2)C1. The number of halogens is 1. The largest absolute Gasteiger partial charge is 0.297 e. The van der Waals surface area contributed by atoms with E-state index in [1.54, 1.807) is 11.3 Å². The van der Waals surface area contributed by atoms with E-state index in [4.69, 9.17) is 0 Å². The van der Waals surface area contributed by atoms with Gasteiger partial charge in [-0.3, -0.25) is 9.88 Å². The summed E-state index contributed by atoms with van der Waals surface area (Å²) in [6, 6.07) is 0. The molecule has 2 heterocycles. The summed E-state index contributed by atoms with van der Waals surface area (Å²) in [6.07, 6.45) is 3.24. The van der Waals surface area contributed by atoms with Crippen molar-refractivity contribution in [2.24, 2.45) is 0 Å². The van der Waals surface area contributed by atoms with Gasteiger partial charge in [-0.05, 0) is 13.0 Å². The van der Waals surface area contributed by atoms with Crippen LogP contribution in [0.4, 0.5) is 0 Å². The minimum absolute atomic E-state index is 0.699. The van der Waals surface area contributed by atoms with Crippen molar-refractivity contribution in [2.45, 2.75) is 17.8 Å². The second kappa shape index (κ2) is 3.85. The van der Waals surface area contributed by atoms with Gasteiger partial charge in [0.05, 0.1) is 5.51 Å². The zero-order valence-electron chi connectivity index (χ0n) is 6.74. The molecule has 0 bridgehead atoms. The number of hydrogen-bond donors (Lipinski definition) is 0. The van der Waals surface area contributed by atoms with Crippen molar-refractivity contribution in [1.29, 1.82) is 0 Å². The molecule has 1 saturated heterocycles. The van der Waals surface area contributed by atoms with Crippen molar-refractivity contribution < 1.29 is 0 Å². The first-order valence-electron chi connectivity index (χ1n) is 4.08. The summed E-state index contributed by atoms with van der Waals surface area (Å²) in [5.74, 6) is 0. The number of rotatable bonds is 2. The average Bonchev–Trinajstić information content (AvgIpc) is 2.63. The molecule has 1 aromatic heterocycles. The summed E-state index contributed by atoms with van der Waals surface area (Å²) >= 11 is 5.37. The Bertz CT molecular complexity index is 237. The Kier molecular flexibility index (Phi) is 2.78. The molecule has 1 aromatic rings. The first-order valence-corrected chi connectivity index (χ1v) is 5.88. The monoisotopic (exact) mass is 246 g/mol. The van der Waals surface area contributed by atoms with Gasteiger partial charge in [-0.25, -0.2) is 0 Å². The number of likely N-dealkylation sites (tertiary alicyclic amines) is 1. The van der Waals surface area contributed by atoms with Gasteiger partial charge in [0.25, 0.3) is 0 Å². The Morgan fingerprint density at radius 3 is 3.25 bits per heavy atom. The molecular formula is C8H11BrN2S. The molecule has 1 aliphatic heterocycles. The summed E-state index contributed by atoms with van der Waals surface area (Å²) in [6.45, 7) is 3.47. The van der Waals surface area contributed by atoms with Crippen LogP contribution in [0.25, 0.3) is 0 Å². The molecule has 0 amide bonds. The van der Waals surface area contributed by atoms with Crippen molar-refractivity contribution in [2.75, 3.05) is 13.1 Å². The van der Waals surface area contributed by atoms with Crippen molar-refractivity contribution in [3.05, 3.63) is 16.6 Å². The Hall–Kier alpha value is 0.0700. The molecule has 2 rings (SSSR count). The van der Waals surface area contributed by atoms with Gasteiger partial charge in [-0.1, -0.05) is 15.9 Å². The minimum Gasteiger partial charge on any atom is -0.297 e. The normalized spacial score (nSPS) is 24.9. The van der Waals surface area contributed by atoms with E-state index in [9.17, 15) is 0 Å². The Morgan fingerprint density at radius 1 is 1.75 bits per heavy atom. The lowest BCUT2D eigenvalue weighted by Crippen LogP contribution is -2.19. The van der Waals surface area contributed by atoms with E-state index < -0.39 is 0 Å². The molecule has 66 valence electrons. The quantitative estimate of drug-likeness (QED) is 0.744. The molecule has 1 fully saturated rings. The molecule has 4 heteroatoms. The second-order valence-electron chi connectivity index (χ2n) is 3.09. The number of nitrogens with zero attached hydrogens (tertiary/aromatic N) is 2. The van der Waals surface area contributed by atoms with E-state index in [-0.39, 0.29) is 0 Å². The molecule has 1 unspecified atom stereocenters. The molecule has 1 atom stereocenters. The molecule has 12 heavy (non-hydrogen) atoms. The van der Waals surface area contributed by atoms with Crippen LogP contribution in [0, 0.1) is 0 Å². The average molecular weight is 247 g/mol. The minimum atomic E-state index is 0.699. The lowest BCUT2D eigenvalue weighted by molar-refractivity contribution is 0.335.